The molecule has 0 saturated carbocycles. The van der Waals surface area contributed by atoms with Gasteiger partial charge >= 0.3 is 6.18 Å². The number of alkyl halides is 4. The Morgan fingerprint density at radius 3 is 1.67 bits per heavy atom. The van der Waals surface area contributed by atoms with Crippen LogP contribution in [-0.4, -0.2) is 35.4 Å². The van der Waals surface area contributed by atoms with Crippen molar-refractivity contribution in [1.82, 2.24) is 4.90 Å². The molecule has 1 aliphatic rings. The minimum absolute atomic E-state index is 0.166. The van der Waals surface area contributed by atoms with E-state index < -0.39 is 24.7 Å². The van der Waals surface area contributed by atoms with Gasteiger partial charge in [-0.2, -0.15) is 13.2 Å². The van der Waals surface area contributed by atoms with Crippen LogP contribution in [0.2, 0.25) is 0 Å². The van der Waals surface area contributed by atoms with Gasteiger partial charge in [-0.3, -0.25) is 4.90 Å². The van der Waals surface area contributed by atoms with Gasteiger partial charge in [-0.1, -0.05) is 0 Å². The van der Waals surface area contributed by atoms with Crippen molar-refractivity contribution in [3.05, 3.63) is 0 Å². The van der Waals surface area contributed by atoms with Gasteiger partial charge in [0, 0.05) is 31.5 Å². The smallest absolute Gasteiger partial charge is 0.298 e. The fourth-order valence-electron chi connectivity index (χ4n) is 1.82. The zero-order valence-corrected chi connectivity index (χ0v) is 9.29. The van der Waals surface area contributed by atoms with Crippen LogP contribution in [0, 0.1) is 0 Å². The molecular weight excluding hydrogens is 210 g/mol. The highest BCUT2D eigenvalue weighted by atomic mass is 19.4. The topological polar surface area (TPSA) is 3.24 Å². The third-order valence-electron chi connectivity index (χ3n) is 3.01. The summed E-state index contributed by atoms with van der Waals surface area (Å²) in [5.41, 5.74) is -3.17. The molecule has 0 aromatic rings. The highest BCUT2D eigenvalue weighted by Crippen LogP contribution is 2.42. The van der Waals surface area contributed by atoms with Gasteiger partial charge in [0.2, 0.25) is 5.67 Å². The molecule has 1 heterocycles. The zero-order valence-electron chi connectivity index (χ0n) is 9.29. The minimum Gasteiger partial charge on any atom is -0.298 e. The number of hydrogen-bond acceptors (Lipinski definition) is 1. The monoisotopic (exact) mass is 227 g/mol. The van der Waals surface area contributed by atoms with Gasteiger partial charge < -0.3 is 0 Å². The Hall–Kier alpha value is -0.320. The van der Waals surface area contributed by atoms with E-state index in [1.807, 2.05) is 25.7 Å². The lowest BCUT2D eigenvalue weighted by Crippen LogP contribution is -2.54. The van der Waals surface area contributed by atoms with Crippen molar-refractivity contribution >= 4 is 0 Å². The number of rotatable bonds is 0. The van der Waals surface area contributed by atoms with Gasteiger partial charge in [0.15, 0.2) is 0 Å². The van der Waals surface area contributed by atoms with Crippen LogP contribution in [0.4, 0.5) is 17.6 Å². The Morgan fingerprint density at radius 1 is 1.00 bits per heavy atom. The Labute approximate surface area is 87.4 Å². The summed E-state index contributed by atoms with van der Waals surface area (Å²) >= 11 is 0. The van der Waals surface area contributed by atoms with Crippen LogP contribution in [0.1, 0.15) is 33.6 Å². The largest absolute Gasteiger partial charge is 0.422 e. The second-order valence-corrected chi connectivity index (χ2v) is 5.12. The quantitative estimate of drug-likeness (QED) is 0.574. The fraction of sp³-hybridized carbons (Fsp3) is 1.00. The first-order valence-corrected chi connectivity index (χ1v) is 5.07. The maximum atomic E-state index is 13.5. The molecule has 0 aromatic carbocycles. The molecule has 0 spiro atoms. The van der Waals surface area contributed by atoms with E-state index >= 15 is 0 Å². The summed E-state index contributed by atoms with van der Waals surface area (Å²) in [5, 5.41) is 0. The van der Waals surface area contributed by atoms with Gasteiger partial charge in [0.05, 0.1) is 0 Å². The number of hydrogen-bond donors (Lipinski definition) is 0. The van der Waals surface area contributed by atoms with Crippen molar-refractivity contribution in [2.75, 3.05) is 13.1 Å². The van der Waals surface area contributed by atoms with E-state index in [1.54, 1.807) is 0 Å². The highest BCUT2D eigenvalue weighted by Gasteiger charge is 2.57. The minimum atomic E-state index is -4.73. The van der Waals surface area contributed by atoms with Crippen molar-refractivity contribution in [3.63, 3.8) is 0 Å². The normalized spacial score (nSPS) is 24.2. The van der Waals surface area contributed by atoms with Gasteiger partial charge in [0.25, 0.3) is 0 Å². The molecule has 1 aliphatic heterocycles. The summed E-state index contributed by atoms with van der Waals surface area (Å²) in [7, 11) is 0. The molecule has 15 heavy (non-hydrogen) atoms. The van der Waals surface area contributed by atoms with Crippen LogP contribution >= 0.6 is 0 Å². The summed E-state index contributed by atoms with van der Waals surface area (Å²) < 4.78 is 50.6. The zero-order chi connectivity index (χ0) is 11.9. The predicted molar refractivity (Wildman–Crippen MR) is 50.5 cm³/mol. The SMILES string of the molecule is CC(C)(C)N1CCC(F)(C(F)(F)F)CC1. The fourth-order valence-corrected chi connectivity index (χ4v) is 1.82. The first-order valence-electron chi connectivity index (χ1n) is 5.07. The van der Waals surface area contributed by atoms with Gasteiger partial charge in [0.1, 0.15) is 0 Å². The second-order valence-electron chi connectivity index (χ2n) is 5.12. The van der Waals surface area contributed by atoms with Crippen LogP contribution in [0.5, 0.6) is 0 Å². The molecule has 0 unspecified atom stereocenters. The molecular formula is C10H17F4N. The van der Waals surface area contributed by atoms with E-state index in [-0.39, 0.29) is 18.6 Å². The summed E-state index contributed by atoms with van der Waals surface area (Å²) in [6.07, 6.45) is -5.63. The molecule has 0 aromatic heterocycles. The van der Waals surface area contributed by atoms with E-state index in [1.165, 1.54) is 0 Å². The van der Waals surface area contributed by atoms with Crippen LogP contribution in [0.25, 0.3) is 0 Å². The molecule has 0 N–H and O–H groups in total. The van der Waals surface area contributed by atoms with E-state index in [4.69, 9.17) is 0 Å². The average Bonchev–Trinajstić information content (AvgIpc) is 2.01. The summed E-state index contributed by atoms with van der Waals surface area (Å²) in [4.78, 5) is 1.89. The van der Waals surface area contributed by atoms with Crippen molar-refractivity contribution in [2.24, 2.45) is 0 Å². The van der Waals surface area contributed by atoms with Crippen molar-refractivity contribution in [2.45, 2.75) is 51.0 Å². The summed E-state index contributed by atoms with van der Waals surface area (Å²) in [6.45, 7) is 6.10. The van der Waals surface area contributed by atoms with Crippen LogP contribution in [-0.2, 0) is 0 Å². The number of piperidine rings is 1. The lowest BCUT2D eigenvalue weighted by molar-refractivity contribution is -0.244. The first-order chi connectivity index (χ1) is 6.56. The van der Waals surface area contributed by atoms with Gasteiger partial charge in [-0.15, -0.1) is 0 Å². The number of likely N-dealkylation sites (tertiary alicyclic amines) is 1. The van der Waals surface area contributed by atoms with Crippen LogP contribution in [0.3, 0.4) is 0 Å². The molecule has 1 saturated heterocycles. The Balaban J connectivity index is 2.64. The molecule has 1 rings (SSSR count). The summed E-state index contributed by atoms with van der Waals surface area (Å²) in [6, 6.07) is 0. The molecule has 0 aliphatic carbocycles. The van der Waals surface area contributed by atoms with Crippen molar-refractivity contribution in [3.8, 4) is 0 Å². The second kappa shape index (κ2) is 3.61. The lowest BCUT2D eigenvalue weighted by Gasteiger charge is -2.43. The van der Waals surface area contributed by atoms with E-state index in [2.05, 4.69) is 0 Å². The molecule has 0 atom stereocenters. The Morgan fingerprint density at radius 2 is 1.40 bits per heavy atom. The third-order valence-corrected chi connectivity index (χ3v) is 3.01. The highest BCUT2D eigenvalue weighted by molar-refractivity contribution is 4.94. The van der Waals surface area contributed by atoms with E-state index in [0.717, 1.165) is 0 Å². The Kier molecular flexibility index (Phi) is 3.07. The van der Waals surface area contributed by atoms with E-state index in [9.17, 15) is 17.6 Å². The molecule has 5 heteroatoms. The van der Waals surface area contributed by atoms with Crippen molar-refractivity contribution < 1.29 is 17.6 Å². The van der Waals surface area contributed by atoms with Gasteiger partial charge in [-0.25, -0.2) is 4.39 Å². The number of nitrogens with zero attached hydrogens (tertiary/aromatic N) is 1. The molecule has 0 amide bonds. The van der Waals surface area contributed by atoms with Crippen molar-refractivity contribution in [1.29, 1.82) is 0 Å². The molecule has 90 valence electrons. The molecule has 1 fully saturated rings. The van der Waals surface area contributed by atoms with Crippen LogP contribution in [0.15, 0.2) is 0 Å². The molecule has 1 nitrogen and oxygen atoms in total. The third kappa shape index (κ3) is 2.62. The number of halogens is 4. The first kappa shape index (κ1) is 12.7. The Bertz CT molecular complexity index is 221. The molecule has 0 radical (unpaired) electrons. The summed E-state index contributed by atoms with van der Waals surface area (Å²) in [5.74, 6) is 0. The standard InChI is InChI=1S/C10H17F4N/c1-8(2,3)15-6-4-9(11,5-7-15)10(12,13)14/h4-7H2,1-3H3. The predicted octanol–water partition coefficient (Wildman–Crippen LogP) is 3.15. The molecule has 0 bridgehead atoms. The van der Waals surface area contributed by atoms with Gasteiger partial charge in [-0.05, 0) is 20.8 Å². The maximum absolute atomic E-state index is 13.5. The average molecular weight is 227 g/mol. The van der Waals surface area contributed by atoms with Crippen LogP contribution < -0.4 is 0 Å². The lowest BCUT2D eigenvalue weighted by atomic mass is 9.90. The van der Waals surface area contributed by atoms with E-state index in [0.29, 0.717) is 0 Å². The maximum Gasteiger partial charge on any atom is 0.422 e.